The van der Waals surface area contributed by atoms with E-state index >= 15 is 4.39 Å². The van der Waals surface area contributed by atoms with Gasteiger partial charge in [0.05, 0.1) is 49.8 Å². The van der Waals surface area contributed by atoms with E-state index < -0.39 is 24.2 Å². The van der Waals surface area contributed by atoms with Crippen molar-refractivity contribution in [2.45, 2.75) is 51.4 Å². The van der Waals surface area contributed by atoms with Gasteiger partial charge in [-0.05, 0) is 42.1 Å². The Morgan fingerprint density at radius 1 is 1.18 bits per heavy atom. The van der Waals surface area contributed by atoms with Gasteiger partial charge < -0.3 is 14.4 Å². The number of carbonyl (C=O) groups is 1. The van der Waals surface area contributed by atoms with Gasteiger partial charge in [-0.1, -0.05) is 6.58 Å². The largest absolute Gasteiger partial charge is 0.382 e. The summed E-state index contributed by atoms with van der Waals surface area (Å²) in [5.41, 5.74) is 5.14. The number of thiophene rings is 1. The number of allylic oxidation sites excluding steroid dienone is 2. The molecule has 4 aromatic rings. The number of aromatic nitrogens is 4. The number of methoxy groups -OCH3 is 1. The molecule has 1 unspecified atom stereocenters. The summed E-state index contributed by atoms with van der Waals surface area (Å²) >= 11 is 1.39. The first kappa shape index (κ1) is 34.2. The van der Waals surface area contributed by atoms with Crippen LogP contribution in [0, 0.1) is 0 Å². The Morgan fingerprint density at radius 3 is 2.80 bits per heavy atom. The fourth-order valence-electron chi connectivity index (χ4n) is 7.09. The minimum absolute atomic E-state index is 0.118. The highest BCUT2D eigenvalue weighted by Gasteiger charge is 2.35. The monoisotopic (exact) mass is 708 g/mol. The molecule has 1 amide bonds. The lowest BCUT2D eigenvalue weighted by molar-refractivity contribution is -0.129. The van der Waals surface area contributed by atoms with E-state index in [2.05, 4.69) is 6.58 Å². The van der Waals surface area contributed by atoms with Crippen LogP contribution in [0.4, 0.5) is 17.6 Å². The van der Waals surface area contributed by atoms with Gasteiger partial charge in [-0.15, -0.1) is 11.3 Å². The average molecular weight is 709 g/mol. The van der Waals surface area contributed by atoms with E-state index in [-0.39, 0.29) is 43.7 Å². The second-order valence-electron chi connectivity index (χ2n) is 12.6. The molecule has 262 valence electrons. The molecule has 3 aliphatic rings. The molecular weight excluding hydrogens is 672 g/mol. The smallest absolute Gasteiger partial charge is 0.251 e. The van der Waals surface area contributed by atoms with Gasteiger partial charge in [0.1, 0.15) is 23.0 Å². The van der Waals surface area contributed by atoms with Crippen molar-refractivity contribution < 1.29 is 31.8 Å². The number of fused-ring (bicyclic) bond motifs is 3. The zero-order valence-corrected chi connectivity index (χ0v) is 28.5. The predicted octanol–water partition coefficient (Wildman–Crippen LogP) is 6.90. The molecule has 6 heterocycles. The third-order valence-electron chi connectivity index (χ3n) is 9.47. The Balaban J connectivity index is 1.42. The first-order valence-corrected chi connectivity index (χ1v) is 17.3. The highest BCUT2D eigenvalue weighted by molar-refractivity contribution is 7.17. The molecule has 50 heavy (non-hydrogen) atoms. The highest BCUT2D eigenvalue weighted by Crippen LogP contribution is 2.46. The lowest BCUT2D eigenvalue weighted by Gasteiger charge is -2.33. The molecule has 1 aliphatic carbocycles. The second kappa shape index (κ2) is 14.2. The molecule has 4 aromatic heterocycles. The summed E-state index contributed by atoms with van der Waals surface area (Å²) < 4.78 is 71.2. The van der Waals surface area contributed by atoms with Crippen LogP contribution in [0.15, 0.2) is 60.2 Å². The number of rotatable bonds is 10. The molecule has 0 saturated heterocycles. The number of nitrogens with zero attached hydrogens (tertiary/aromatic N) is 6. The quantitative estimate of drug-likeness (QED) is 0.101. The summed E-state index contributed by atoms with van der Waals surface area (Å²) in [7, 11) is 1.52. The Morgan fingerprint density at radius 2 is 2.02 bits per heavy atom. The van der Waals surface area contributed by atoms with E-state index in [0.717, 1.165) is 28.4 Å². The van der Waals surface area contributed by atoms with Crippen LogP contribution in [-0.2, 0) is 33.8 Å². The van der Waals surface area contributed by atoms with Crippen LogP contribution >= 0.6 is 11.3 Å². The van der Waals surface area contributed by atoms with E-state index in [0.29, 0.717) is 65.5 Å². The molecule has 7 rings (SSSR count). The van der Waals surface area contributed by atoms with Gasteiger partial charge >= 0.3 is 0 Å². The third kappa shape index (κ3) is 6.41. The van der Waals surface area contributed by atoms with E-state index in [1.807, 2.05) is 35.2 Å². The van der Waals surface area contributed by atoms with Crippen molar-refractivity contribution in [2.24, 2.45) is 0 Å². The van der Waals surface area contributed by atoms with Crippen LogP contribution in [0.2, 0.25) is 0 Å². The molecule has 0 spiro atoms. The highest BCUT2D eigenvalue weighted by atomic mass is 32.1. The molecule has 0 fully saturated rings. The standard InChI is InChI=1S/C36H36F4N6O3S/c1-4-31(47)45-8-9-46-28(20(45)2)16-27(43-46)35-33(32-25(38)14-23(37)15-29(32)49-11-10-48-3)36-24(6-12-50-36)34(42-35)21-13-22-18-44(19-30(39)40)7-5-26(22)41-17-21/h4,6,12-14,16-17,20,29-30H,1,5,7-11,15,18-19H2,2-3H3/t20-,29?/m1/s1. The fraction of sp³-hybridized carbons (Fsp3) is 0.389. The van der Waals surface area contributed by atoms with Crippen LogP contribution in [0.5, 0.6) is 0 Å². The van der Waals surface area contributed by atoms with Crippen molar-refractivity contribution in [1.29, 1.82) is 0 Å². The van der Waals surface area contributed by atoms with E-state index in [4.69, 9.17) is 24.5 Å². The molecule has 0 N–H and O–H groups in total. The van der Waals surface area contributed by atoms with Crippen LogP contribution in [0.1, 0.15) is 41.9 Å². The number of ether oxygens (including phenoxy) is 2. The first-order chi connectivity index (χ1) is 24.2. The number of hydrogen-bond donors (Lipinski definition) is 0. The molecule has 2 atom stereocenters. The zero-order valence-electron chi connectivity index (χ0n) is 27.7. The molecule has 0 bridgehead atoms. The minimum Gasteiger partial charge on any atom is -0.382 e. The van der Waals surface area contributed by atoms with Crippen LogP contribution in [0.3, 0.4) is 0 Å². The second-order valence-corrected chi connectivity index (χ2v) is 13.5. The number of pyridine rings is 2. The molecule has 14 heteroatoms. The Labute approximate surface area is 290 Å². The summed E-state index contributed by atoms with van der Waals surface area (Å²) in [6.45, 7) is 7.27. The van der Waals surface area contributed by atoms with Gasteiger partial charge in [-0.3, -0.25) is 19.4 Å². The Bertz CT molecular complexity index is 2020. The van der Waals surface area contributed by atoms with Crippen molar-refractivity contribution in [3.8, 4) is 22.6 Å². The molecule has 9 nitrogen and oxygen atoms in total. The lowest BCUT2D eigenvalue weighted by atomic mass is 9.89. The number of halogens is 4. The van der Waals surface area contributed by atoms with E-state index in [1.165, 1.54) is 24.5 Å². The first-order valence-electron chi connectivity index (χ1n) is 16.4. The molecule has 0 radical (unpaired) electrons. The summed E-state index contributed by atoms with van der Waals surface area (Å²) in [6.07, 6.45) is 0.891. The Kier molecular flexibility index (Phi) is 9.70. The van der Waals surface area contributed by atoms with Gasteiger partial charge in [0.15, 0.2) is 0 Å². The number of amides is 1. The van der Waals surface area contributed by atoms with E-state index in [1.54, 1.807) is 16.0 Å². The van der Waals surface area contributed by atoms with Gasteiger partial charge in [0.25, 0.3) is 6.43 Å². The van der Waals surface area contributed by atoms with Gasteiger partial charge in [0, 0.05) is 84.3 Å². The van der Waals surface area contributed by atoms with E-state index in [9.17, 15) is 18.0 Å². The van der Waals surface area contributed by atoms with Gasteiger partial charge in [-0.2, -0.15) is 5.10 Å². The molecule has 0 saturated carbocycles. The van der Waals surface area contributed by atoms with Crippen molar-refractivity contribution in [3.05, 3.63) is 82.7 Å². The predicted molar refractivity (Wildman–Crippen MR) is 183 cm³/mol. The molecule has 2 aliphatic heterocycles. The maximum atomic E-state index is 16.2. The maximum Gasteiger partial charge on any atom is 0.251 e. The average Bonchev–Trinajstić information content (AvgIpc) is 3.76. The minimum atomic E-state index is -2.44. The lowest BCUT2D eigenvalue weighted by Crippen LogP contribution is -2.40. The zero-order chi connectivity index (χ0) is 35.1. The molecule has 0 aromatic carbocycles. The van der Waals surface area contributed by atoms with Crippen LogP contribution in [-0.4, -0.2) is 87.9 Å². The topological polar surface area (TPSA) is 85.6 Å². The van der Waals surface area contributed by atoms with Gasteiger partial charge in [0.2, 0.25) is 5.91 Å². The number of hydrogen-bond acceptors (Lipinski definition) is 8. The number of alkyl halides is 2. The maximum absolute atomic E-state index is 16.2. The van der Waals surface area contributed by atoms with Crippen LogP contribution in [0.25, 0.3) is 38.3 Å². The van der Waals surface area contributed by atoms with Crippen molar-refractivity contribution >= 4 is 32.9 Å². The SMILES string of the molecule is C=CC(=O)N1CCn2nc(-c3nc(-c4cnc5c(c4)CN(CC(F)F)CC5)c4ccsc4c3C3=C(F)C=C(F)CC3OCCOC)cc2[C@H]1C. The summed E-state index contributed by atoms with van der Waals surface area (Å²) in [5, 5.41) is 7.54. The summed E-state index contributed by atoms with van der Waals surface area (Å²) in [5.74, 6) is -1.60. The summed E-state index contributed by atoms with van der Waals surface area (Å²) in [6, 6.07) is 5.37. The normalized spacial score (nSPS) is 19.6. The van der Waals surface area contributed by atoms with Gasteiger partial charge in [-0.25, -0.2) is 22.5 Å². The fourth-order valence-corrected chi connectivity index (χ4v) is 8.04. The van der Waals surface area contributed by atoms with Crippen molar-refractivity contribution in [2.75, 3.05) is 40.0 Å². The van der Waals surface area contributed by atoms with Crippen LogP contribution < -0.4 is 0 Å². The van der Waals surface area contributed by atoms with Crippen molar-refractivity contribution in [1.82, 2.24) is 29.5 Å². The van der Waals surface area contributed by atoms with Crippen molar-refractivity contribution in [3.63, 3.8) is 0 Å². The number of carbonyl (C=O) groups excluding carboxylic acids is 1. The third-order valence-corrected chi connectivity index (χ3v) is 10.4. The summed E-state index contributed by atoms with van der Waals surface area (Å²) in [4.78, 5) is 26.0. The molecular formula is C36H36F4N6O3S. The Hall–Kier alpha value is -4.24.